The second-order valence-corrected chi connectivity index (χ2v) is 8.65. The van der Waals surface area contributed by atoms with Gasteiger partial charge in [-0.1, -0.05) is 35.3 Å². The minimum atomic E-state index is -0.178. The first-order valence-corrected chi connectivity index (χ1v) is 10.2. The van der Waals surface area contributed by atoms with E-state index >= 15 is 0 Å². The predicted octanol–water partition coefficient (Wildman–Crippen LogP) is 5.30. The van der Waals surface area contributed by atoms with Crippen molar-refractivity contribution >= 4 is 46.5 Å². The summed E-state index contributed by atoms with van der Waals surface area (Å²) in [5.74, 6) is 0.809. The van der Waals surface area contributed by atoms with E-state index in [1.165, 1.54) is 11.5 Å². The summed E-state index contributed by atoms with van der Waals surface area (Å²) in [5, 5.41) is 2.30. The molecular weight excluding hydrogens is 395 g/mol. The Bertz CT molecular complexity index is 920. The SMILES string of the molecule is Cc1cc(Cc2nc(=O)n(CCSc3ccc(Cl)cc3)s2)ccc1Cl. The van der Waals surface area contributed by atoms with E-state index in [4.69, 9.17) is 23.2 Å². The molecule has 0 aliphatic heterocycles. The summed E-state index contributed by atoms with van der Waals surface area (Å²) >= 11 is 15.1. The zero-order valence-corrected chi connectivity index (χ0v) is 16.7. The van der Waals surface area contributed by atoms with E-state index in [-0.39, 0.29) is 5.69 Å². The van der Waals surface area contributed by atoms with Gasteiger partial charge in [0.05, 0.1) is 0 Å². The van der Waals surface area contributed by atoms with Gasteiger partial charge >= 0.3 is 5.69 Å². The predicted molar refractivity (Wildman–Crippen MR) is 108 cm³/mol. The topological polar surface area (TPSA) is 34.9 Å². The van der Waals surface area contributed by atoms with E-state index < -0.39 is 0 Å². The monoisotopic (exact) mass is 410 g/mol. The third-order valence-electron chi connectivity index (χ3n) is 3.60. The number of rotatable bonds is 6. The molecule has 0 saturated heterocycles. The molecule has 2 aromatic carbocycles. The molecule has 1 heterocycles. The zero-order chi connectivity index (χ0) is 17.8. The number of hydrogen-bond donors (Lipinski definition) is 0. The zero-order valence-electron chi connectivity index (χ0n) is 13.5. The van der Waals surface area contributed by atoms with Gasteiger partial charge in [-0.05, 0) is 59.9 Å². The normalized spacial score (nSPS) is 11.0. The maximum Gasteiger partial charge on any atom is 0.358 e. The van der Waals surface area contributed by atoms with Gasteiger partial charge in [0, 0.05) is 33.7 Å². The standard InChI is InChI=1S/C18H16Cl2N2OS2/c1-12-10-13(2-7-16(12)20)11-17-21-18(23)22(25-17)8-9-24-15-5-3-14(19)4-6-15/h2-7,10H,8-9,11H2,1H3. The molecule has 0 bridgehead atoms. The Morgan fingerprint density at radius 3 is 2.64 bits per heavy atom. The number of nitrogens with zero attached hydrogens (tertiary/aromatic N) is 2. The Kier molecular flexibility index (Phi) is 6.23. The fourth-order valence-corrected chi connectivity index (χ4v) is 4.43. The van der Waals surface area contributed by atoms with Crippen LogP contribution in [0.25, 0.3) is 0 Å². The van der Waals surface area contributed by atoms with Gasteiger partial charge < -0.3 is 0 Å². The molecule has 0 spiro atoms. The van der Waals surface area contributed by atoms with Crippen LogP contribution in [-0.4, -0.2) is 14.7 Å². The van der Waals surface area contributed by atoms with E-state index in [2.05, 4.69) is 4.98 Å². The van der Waals surface area contributed by atoms with Crippen LogP contribution in [0.5, 0.6) is 0 Å². The van der Waals surface area contributed by atoms with Crippen molar-refractivity contribution < 1.29 is 0 Å². The molecule has 3 nitrogen and oxygen atoms in total. The van der Waals surface area contributed by atoms with Crippen molar-refractivity contribution in [2.45, 2.75) is 24.8 Å². The van der Waals surface area contributed by atoms with Gasteiger partial charge in [-0.3, -0.25) is 0 Å². The quantitative estimate of drug-likeness (QED) is 0.516. The fraction of sp³-hybridized carbons (Fsp3) is 0.222. The van der Waals surface area contributed by atoms with Gasteiger partial charge in [0.1, 0.15) is 5.01 Å². The summed E-state index contributed by atoms with van der Waals surface area (Å²) in [6.45, 7) is 2.62. The van der Waals surface area contributed by atoms with E-state index in [0.29, 0.717) is 13.0 Å². The molecule has 0 atom stereocenters. The van der Waals surface area contributed by atoms with Crippen LogP contribution in [0.2, 0.25) is 10.0 Å². The van der Waals surface area contributed by atoms with Crippen LogP contribution < -0.4 is 5.69 Å². The molecule has 1 aromatic heterocycles. The number of thioether (sulfide) groups is 1. The van der Waals surface area contributed by atoms with E-state index in [1.54, 1.807) is 15.7 Å². The van der Waals surface area contributed by atoms with Gasteiger partial charge in [0.2, 0.25) is 0 Å². The van der Waals surface area contributed by atoms with Gasteiger partial charge in [-0.15, -0.1) is 11.8 Å². The molecule has 130 valence electrons. The highest BCUT2D eigenvalue weighted by atomic mass is 35.5. The van der Waals surface area contributed by atoms with E-state index in [0.717, 1.165) is 36.8 Å². The molecule has 25 heavy (non-hydrogen) atoms. The van der Waals surface area contributed by atoms with E-state index in [9.17, 15) is 4.79 Å². The molecule has 3 aromatic rings. The van der Waals surface area contributed by atoms with Gasteiger partial charge in [-0.2, -0.15) is 4.98 Å². The van der Waals surface area contributed by atoms with Crippen molar-refractivity contribution in [3.63, 3.8) is 0 Å². The number of aromatic nitrogens is 2. The van der Waals surface area contributed by atoms with Crippen LogP contribution in [0.1, 0.15) is 16.1 Å². The average Bonchev–Trinajstić information content (AvgIpc) is 2.92. The van der Waals surface area contributed by atoms with Crippen molar-refractivity contribution in [1.29, 1.82) is 0 Å². The number of hydrogen-bond acceptors (Lipinski definition) is 4. The second-order valence-electron chi connectivity index (χ2n) is 5.54. The first-order chi connectivity index (χ1) is 12.0. The van der Waals surface area contributed by atoms with Gasteiger partial charge in [0.15, 0.2) is 0 Å². The summed E-state index contributed by atoms with van der Waals surface area (Å²) in [6, 6.07) is 13.6. The first kappa shape index (κ1) is 18.5. The number of halogens is 2. The smallest absolute Gasteiger partial charge is 0.245 e. The summed E-state index contributed by atoms with van der Waals surface area (Å²) < 4.78 is 1.71. The molecule has 0 N–H and O–H groups in total. The molecule has 0 aliphatic carbocycles. The molecule has 0 unspecified atom stereocenters. The van der Waals surface area contributed by atoms with Crippen LogP contribution in [0, 0.1) is 6.92 Å². The fourth-order valence-electron chi connectivity index (χ4n) is 2.33. The molecule has 3 rings (SSSR count). The van der Waals surface area contributed by atoms with Crippen LogP contribution >= 0.6 is 46.5 Å². The molecule has 0 aliphatic rings. The van der Waals surface area contributed by atoms with Crippen molar-refractivity contribution in [2.24, 2.45) is 0 Å². The van der Waals surface area contributed by atoms with Crippen LogP contribution in [0.4, 0.5) is 0 Å². The summed E-state index contributed by atoms with van der Waals surface area (Å²) in [4.78, 5) is 17.4. The Hall–Kier alpha value is -1.27. The first-order valence-electron chi connectivity index (χ1n) is 7.72. The maximum atomic E-state index is 12.1. The highest BCUT2D eigenvalue weighted by Crippen LogP contribution is 2.21. The Labute approximate surface area is 164 Å². The largest absolute Gasteiger partial charge is 0.358 e. The van der Waals surface area contributed by atoms with Crippen molar-refractivity contribution in [3.8, 4) is 0 Å². The van der Waals surface area contributed by atoms with Crippen molar-refractivity contribution in [2.75, 3.05) is 5.75 Å². The third kappa shape index (κ3) is 5.11. The molecule has 7 heteroatoms. The van der Waals surface area contributed by atoms with Crippen molar-refractivity contribution in [3.05, 3.63) is 79.1 Å². The Balaban J connectivity index is 1.61. The second kappa shape index (κ2) is 8.41. The lowest BCUT2D eigenvalue weighted by Gasteiger charge is -2.02. The van der Waals surface area contributed by atoms with Crippen molar-refractivity contribution in [1.82, 2.24) is 8.94 Å². The Morgan fingerprint density at radius 1 is 1.16 bits per heavy atom. The van der Waals surface area contributed by atoms with Gasteiger partial charge in [0.25, 0.3) is 0 Å². The number of benzene rings is 2. The lowest BCUT2D eigenvalue weighted by atomic mass is 10.1. The lowest BCUT2D eigenvalue weighted by molar-refractivity contribution is 0.795. The summed E-state index contributed by atoms with van der Waals surface area (Å²) in [7, 11) is 0. The molecule has 0 saturated carbocycles. The molecule has 0 fully saturated rings. The maximum absolute atomic E-state index is 12.1. The molecule has 0 amide bonds. The Morgan fingerprint density at radius 2 is 1.92 bits per heavy atom. The highest BCUT2D eigenvalue weighted by molar-refractivity contribution is 7.99. The average molecular weight is 411 g/mol. The van der Waals surface area contributed by atoms with Gasteiger partial charge in [-0.25, -0.2) is 8.75 Å². The minimum absolute atomic E-state index is 0.178. The third-order valence-corrected chi connectivity index (χ3v) is 6.28. The minimum Gasteiger partial charge on any atom is -0.245 e. The molecular formula is C18H16Cl2N2OS2. The van der Waals surface area contributed by atoms with Crippen LogP contribution in [-0.2, 0) is 13.0 Å². The molecule has 0 radical (unpaired) electrons. The summed E-state index contributed by atoms with van der Waals surface area (Å²) in [6.07, 6.45) is 0.648. The summed E-state index contributed by atoms with van der Waals surface area (Å²) in [5.41, 5.74) is 1.96. The highest BCUT2D eigenvalue weighted by Gasteiger charge is 2.08. The van der Waals surface area contributed by atoms with Crippen LogP contribution in [0.3, 0.4) is 0 Å². The van der Waals surface area contributed by atoms with E-state index in [1.807, 2.05) is 49.4 Å². The lowest BCUT2D eigenvalue weighted by Crippen LogP contribution is -2.16. The van der Waals surface area contributed by atoms with Crippen LogP contribution in [0.15, 0.2) is 52.2 Å². The number of aryl methyl sites for hydroxylation is 2.